The van der Waals surface area contributed by atoms with Crippen LogP contribution in [0.15, 0.2) is 18.2 Å². The molecule has 0 bridgehead atoms. The molecule has 0 heterocycles. The van der Waals surface area contributed by atoms with Crippen LogP contribution in [-0.2, 0) is 14.2 Å². The van der Waals surface area contributed by atoms with Gasteiger partial charge in [0.1, 0.15) is 0 Å². The Hall–Kier alpha value is -1.15. The van der Waals surface area contributed by atoms with Gasteiger partial charge >= 0.3 is 11.9 Å². The lowest BCUT2D eigenvalue weighted by atomic mass is 10.1. The van der Waals surface area contributed by atoms with Crippen molar-refractivity contribution in [2.45, 2.75) is 19.8 Å². The molecule has 0 spiro atoms. The Balaban J connectivity index is 2.72. The van der Waals surface area contributed by atoms with Gasteiger partial charge in [-0.15, -0.1) is 0 Å². The highest BCUT2D eigenvalue weighted by Gasteiger charge is 2.14. The van der Waals surface area contributed by atoms with Crippen molar-refractivity contribution in [3.05, 3.63) is 32.9 Å². The molecule has 0 unspecified atom stereocenters. The number of hydrogen-bond acceptors (Lipinski definition) is 5. The summed E-state index contributed by atoms with van der Waals surface area (Å²) in [6.45, 7) is 3.11. The molecule has 0 fully saturated rings. The zero-order chi connectivity index (χ0) is 15.7. The van der Waals surface area contributed by atoms with Gasteiger partial charge in [0.15, 0.2) is 0 Å². The quantitative estimate of drug-likeness (QED) is 0.377. The Labute approximate surface area is 138 Å². The molecule has 0 aliphatic heterocycles. The van der Waals surface area contributed by atoms with E-state index in [-0.39, 0.29) is 6.61 Å². The third-order valence-electron chi connectivity index (χ3n) is 2.53. The lowest BCUT2D eigenvalue weighted by molar-refractivity contribution is 0.0468. The third-order valence-corrected chi connectivity index (χ3v) is 3.16. The van der Waals surface area contributed by atoms with Gasteiger partial charge in [0, 0.05) is 23.7 Å². The van der Waals surface area contributed by atoms with E-state index in [9.17, 15) is 9.59 Å². The first-order valence-corrected chi connectivity index (χ1v) is 7.80. The molecular formula is C15H19IO5. The number of ether oxygens (including phenoxy) is 3. The summed E-state index contributed by atoms with van der Waals surface area (Å²) in [7, 11) is 1.59. The number of benzene rings is 1. The van der Waals surface area contributed by atoms with Gasteiger partial charge in [-0.25, -0.2) is 9.59 Å². The topological polar surface area (TPSA) is 61.8 Å². The van der Waals surface area contributed by atoms with E-state index in [0.29, 0.717) is 30.8 Å². The van der Waals surface area contributed by atoms with Crippen molar-refractivity contribution in [2.24, 2.45) is 0 Å². The minimum Gasteiger partial charge on any atom is -0.462 e. The van der Waals surface area contributed by atoms with E-state index in [1.165, 1.54) is 6.07 Å². The third kappa shape index (κ3) is 6.43. The van der Waals surface area contributed by atoms with Crippen LogP contribution in [0.2, 0.25) is 0 Å². The summed E-state index contributed by atoms with van der Waals surface area (Å²) >= 11 is 2.05. The molecule has 116 valence electrons. The molecular weight excluding hydrogens is 387 g/mol. The zero-order valence-corrected chi connectivity index (χ0v) is 14.3. The fourth-order valence-corrected chi connectivity index (χ4v) is 2.23. The molecule has 0 atom stereocenters. The second kappa shape index (κ2) is 9.73. The second-order valence-electron chi connectivity index (χ2n) is 4.35. The van der Waals surface area contributed by atoms with Gasteiger partial charge in [-0.1, -0.05) is 6.92 Å². The molecule has 0 radical (unpaired) electrons. The van der Waals surface area contributed by atoms with Crippen molar-refractivity contribution >= 4 is 34.5 Å². The van der Waals surface area contributed by atoms with Gasteiger partial charge in [-0.05, 0) is 47.2 Å². The van der Waals surface area contributed by atoms with E-state index in [4.69, 9.17) is 14.2 Å². The van der Waals surface area contributed by atoms with Crippen LogP contribution in [0, 0.1) is 3.57 Å². The maximum atomic E-state index is 11.9. The maximum absolute atomic E-state index is 11.9. The average Bonchev–Trinajstić information content (AvgIpc) is 2.48. The van der Waals surface area contributed by atoms with Gasteiger partial charge in [0.05, 0.1) is 24.3 Å². The Morgan fingerprint density at radius 1 is 1.00 bits per heavy atom. The molecule has 1 aromatic rings. The van der Waals surface area contributed by atoms with Crippen molar-refractivity contribution < 1.29 is 23.8 Å². The summed E-state index contributed by atoms with van der Waals surface area (Å²) in [4.78, 5) is 23.8. The van der Waals surface area contributed by atoms with E-state index in [0.717, 1.165) is 9.99 Å². The second-order valence-corrected chi connectivity index (χ2v) is 5.59. The molecule has 0 amide bonds. The monoisotopic (exact) mass is 406 g/mol. The summed E-state index contributed by atoms with van der Waals surface area (Å²) in [5, 5.41) is 0. The van der Waals surface area contributed by atoms with Gasteiger partial charge in [-0.3, -0.25) is 0 Å². The molecule has 0 saturated carbocycles. The Morgan fingerprint density at radius 2 is 1.57 bits per heavy atom. The minimum atomic E-state index is -0.450. The van der Waals surface area contributed by atoms with Crippen molar-refractivity contribution in [2.75, 3.05) is 26.9 Å². The van der Waals surface area contributed by atoms with Crippen molar-refractivity contribution in [1.29, 1.82) is 0 Å². The molecule has 5 nitrogen and oxygen atoms in total. The van der Waals surface area contributed by atoms with E-state index < -0.39 is 11.9 Å². The van der Waals surface area contributed by atoms with Crippen LogP contribution in [0.3, 0.4) is 0 Å². The summed E-state index contributed by atoms with van der Waals surface area (Å²) in [6.07, 6.45) is 1.39. The lowest BCUT2D eigenvalue weighted by Crippen LogP contribution is -2.11. The highest BCUT2D eigenvalue weighted by atomic mass is 127. The van der Waals surface area contributed by atoms with Crippen LogP contribution >= 0.6 is 22.6 Å². The fraction of sp³-hybridized carbons (Fsp3) is 0.467. The molecule has 1 aromatic carbocycles. The molecule has 0 aromatic heterocycles. The minimum absolute atomic E-state index is 0.285. The first-order chi connectivity index (χ1) is 10.1. The zero-order valence-electron chi connectivity index (χ0n) is 12.2. The summed E-state index contributed by atoms with van der Waals surface area (Å²) in [6, 6.07) is 4.86. The van der Waals surface area contributed by atoms with Crippen LogP contribution in [0.4, 0.5) is 0 Å². The first-order valence-electron chi connectivity index (χ1n) is 6.72. The molecule has 6 heteroatoms. The Bertz CT molecular complexity index is 487. The Kier molecular flexibility index (Phi) is 8.29. The van der Waals surface area contributed by atoms with Crippen LogP contribution in [0.25, 0.3) is 0 Å². The number of carbonyl (C=O) groups excluding carboxylic acids is 2. The van der Waals surface area contributed by atoms with Crippen molar-refractivity contribution in [3.8, 4) is 0 Å². The number of carbonyl (C=O) groups is 2. The van der Waals surface area contributed by atoms with E-state index in [1.54, 1.807) is 19.2 Å². The SMILES string of the molecule is CCCOC(=O)c1cc(I)cc(C(=O)OCCCOC)c1. The molecule has 21 heavy (non-hydrogen) atoms. The lowest BCUT2D eigenvalue weighted by Gasteiger charge is -2.08. The Morgan fingerprint density at radius 3 is 2.10 bits per heavy atom. The van der Waals surface area contributed by atoms with Gasteiger partial charge in [-0.2, -0.15) is 0 Å². The predicted molar refractivity (Wildman–Crippen MR) is 86.5 cm³/mol. The van der Waals surface area contributed by atoms with Gasteiger partial charge in [0.25, 0.3) is 0 Å². The number of hydrogen-bond donors (Lipinski definition) is 0. The predicted octanol–water partition coefficient (Wildman–Crippen LogP) is 3.05. The van der Waals surface area contributed by atoms with Gasteiger partial charge in [0.2, 0.25) is 0 Å². The number of halogens is 1. The van der Waals surface area contributed by atoms with Crippen molar-refractivity contribution in [1.82, 2.24) is 0 Å². The highest BCUT2D eigenvalue weighted by molar-refractivity contribution is 14.1. The molecule has 0 aliphatic rings. The molecule has 1 rings (SSSR count). The van der Waals surface area contributed by atoms with E-state index in [1.807, 2.05) is 6.92 Å². The summed E-state index contributed by atoms with van der Waals surface area (Å²) < 4.78 is 15.9. The van der Waals surface area contributed by atoms with E-state index >= 15 is 0 Å². The van der Waals surface area contributed by atoms with Crippen LogP contribution in [0.5, 0.6) is 0 Å². The number of methoxy groups -OCH3 is 1. The van der Waals surface area contributed by atoms with Crippen LogP contribution in [-0.4, -0.2) is 38.9 Å². The largest absolute Gasteiger partial charge is 0.462 e. The van der Waals surface area contributed by atoms with Gasteiger partial charge < -0.3 is 14.2 Å². The van der Waals surface area contributed by atoms with Crippen LogP contribution < -0.4 is 0 Å². The number of rotatable bonds is 8. The average molecular weight is 406 g/mol. The fourth-order valence-electron chi connectivity index (χ4n) is 1.55. The van der Waals surface area contributed by atoms with Crippen LogP contribution in [0.1, 0.15) is 40.5 Å². The molecule has 0 aliphatic carbocycles. The summed E-state index contributed by atoms with van der Waals surface area (Å²) in [5.74, 6) is -0.877. The van der Waals surface area contributed by atoms with Crippen molar-refractivity contribution in [3.63, 3.8) is 0 Å². The standard InChI is InChI=1S/C15H19IO5/c1-3-5-20-14(17)11-8-12(10-13(16)9-11)15(18)21-7-4-6-19-2/h8-10H,3-7H2,1-2H3. The maximum Gasteiger partial charge on any atom is 0.338 e. The smallest absolute Gasteiger partial charge is 0.338 e. The van der Waals surface area contributed by atoms with E-state index in [2.05, 4.69) is 22.6 Å². The molecule has 0 saturated heterocycles. The summed E-state index contributed by atoms with van der Waals surface area (Å²) in [5.41, 5.74) is 0.710. The number of esters is 2. The molecule has 0 N–H and O–H groups in total. The first kappa shape index (κ1) is 17.9. The highest BCUT2D eigenvalue weighted by Crippen LogP contribution is 2.15. The normalized spacial score (nSPS) is 10.2.